The number of nitrogens with zero attached hydrogens (tertiary/aromatic N) is 1. The third kappa shape index (κ3) is 5.68. The van der Waals surface area contributed by atoms with Crippen LogP contribution < -0.4 is 4.74 Å². The highest BCUT2D eigenvalue weighted by Gasteiger charge is 2.21. The minimum Gasteiger partial charge on any atom is -0.623 e. The first-order valence-electron chi connectivity index (χ1n) is 11.0. The molecule has 0 aromatic heterocycles. The average Bonchev–Trinajstić information content (AvgIpc) is 2.87. The molecule has 0 saturated heterocycles. The van der Waals surface area contributed by atoms with Gasteiger partial charge in [-0.1, -0.05) is 104 Å². The van der Waals surface area contributed by atoms with Crippen molar-refractivity contribution in [3.63, 3.8) is 0 Å². The Morgan fingerprint density at radius 1 is 0.848 bits per heavy atom. The normalized spacial score (nSPS) is 12.4. The van der Waals surface area contributed by atoms with Gasteiger partial charge in [0, 0.05) is 5.56 Å². The van der Waals surface area contributed by atoms with E-state index in [-0.39, 0.29) is 6.61 Å². The second kappa shape index (κ2) is 11.1. The number of hydroxylamine groups is 1. The molecule has 0 bridgehead atoms. The molecule has 0 heterocycles. The zero-order valence-electron chi connectivity index (χ0n) is 18.5. The molecule has 33 heavy (non-hydrogen) atoms. The van der Waals surface area contributed by atoms with Gasteiger partial charge in [0.25, 0.3) is 0 Å². The molecule has 0 aliphatic carbocycles. The van der Waals surface area contributed by atoms with Crippen molar-refractivity contribution in [2.45, 2.75) is 12.6 Å². The zero-order chi connectivity index (χ0) is 22.9. The molecule has 0 saturated carbocycles. The van der Waals surface area contributed by atoms with Gasteiger partial charge in [-0.15, -0.1) is 0 Å². The van der Waals surface area contributed by atoms with Gasteiger partial charge in [0.15, 0.2) is 6.21 Å². The van der Waals surface area contributed by atoms with Gasteiger partial charge in [0.1, 0.15) is 19.0 Å². The predicted octanol–water partition coefficient (Wildman–Crippen LogP) is 6.29. The van der Waals surface area contributed by atoms with Crippen molar-refractivity contribution in [1.29, 1.82) is 0 Å². The van der Waals surface area contributed by atoms with Crippen molar-refractivity contribution in [2.24, 2.45) is 0 Å². The Labute approximate surface area is 194 Å². The van der Waals surface area contributed by atoms with E-state index in [0.717, 1.165) is 32.2 Å². The summed E-state index contributed by atoms with van der Waals surface area (Å²) in [6, 6.07) is 31.0. The van der Waals surface area contributed by atoms with Crippen molar-refractivity contribution < 1.29 is 14.2 Å². The fourth-order valence-electron chi connectivity index (χ4n) is 3.75. The molecule has 4 rings (SSSR count). The average molecular weight is 438 g/mol. The topological polar surface area (TPSA) is 44.5 Å². The summed E-state index contributed by atoms with van der Waals surface area (Å²) in [5.41, 5.74) is 2.71. The third-order valence-electron chi connectivity index (χ3n) is 5.42. The van der Waals surface area contributed by atoms with Gasteiger partial charge in [-0.05, 0) is 22.4 Å². The van der Waals surface area contributed by atoms with Gasteiger partial charge >= 0.3 is 0 Å². The third-order valence-corrected chi connectivity index (χ3v) is 5.42. The summed E-state index contributed by atoms with van der Waals surface area (Å²) in [6.45, 7) is 4.79. The minimum absolute atomic E-state index is 0.256. The number of hydrogen-bond acceptors (Lipinski definition) is 3. The summed E-state index contributed by atoms with van der Waals surface area (Å²) in [7, 11) is 0. The highest BCUT2D eigenvalue weighted by Crippen LogP contribution is 2.28. The van der Waals surface area contributed by atoms with E-state index in [4.69, 9.17) is 9.47 Å². The highest BCUT2D eigenvalue weighted by atomic mass is 16.5. The second-order valence-electron chi connectivity index (χ2n) is 7.71. The van der Waals surface area contributed by atoms with Crippen LogP contribution >= 0.6 is 0 Å². The molecule has 0 aliphatic rings. The van der Waals surface area contributed by atoms with Crippen molar-refractivity contribution in [2.75, 3.05) is 13.2 Å². The minimum atomic E-state index is -0.499. The molecule has 0 aliphatic heterocycles. The zero-order valence-corrected chi connectivity index (χ0v) is 18.5. The van der Waals surface area contributed by atoms with Gasteiger partial charge in [0.2, 0.25) is 6.04 Å². The van der Waals surface area contributed by atoms with Gasteiger partial charge in [-0.2, -0.15) is 0 Å². The van der Waals surface area contributed by atoms with Crippen LogP contribution in [0.5, 0.6) is 5.75 Å². The van der Waals surface area contributed by atoms with Gasteiger partial charge in [0.05, 0.1) is 12.2 Å². The van der Waals surface area contributed by atoms with E-state index in [1.165, 1.54) is 0 Å². The lowest BCUT2D eigenvalue weighted by Crippen LogP contribution is -2.20. The Morgan fingerprint density at radius 3 is 2.30 bits per heavy atom. The molecule has 166 valence electrons. The van der Waals surface area contributed by atoms with Crippen LogP contribution in [-0.2, 0) is 11.3 Å². The lowest BCUT2D eigenvalue weighted by Gasteiger charge is -2.19. The highest BCUT2D eigenvalue weighted by molar-refractivity contribution is 6.01. The van der Waals surface area contributed by atoms with Crippen LogP contribution in [0.4, 0.5) is 0 Å². The summed E-state index contributed by atoms with van der Waals surface area (Å²) in [5.74, 6) is 0.645. The number of benzene rings is 4. The molecule has 0 spiro atoms. The molecular formula is C29H27NO3. The maximum atomic E-state index is 13.5. The maximum Gasteiger partial charge on any atom is 0.211 e. The molecule has 0 radical (unpaired) electrons. The molecule has 4 heteroatoms. The first-order valence-corrected chi connectivity index (χ1v) is 11.0. The van der Waals surface area contributed by atoms with E-state index in [2.05, 4.69) is 6.58 Å². The Bertz CT molecular complexity index is 1220. The number of ether oxygens (including phenoxy) is 2. The van der Waals surface area contributed by atoms with E-state index >= 15 is 0 Å². The molecule has 0 amide bonds. The molecule has 4 aromatic rings. The smallest absolute Gasteiger partial charge is 0.211 e. The second-order valence-corrected chi connectivity index (χ2v) is 7.71. The molecule has 0 unspecified atom stereocenters. The van der Waals surface area contributed by atoms with Crippen LogP contribution in [0.2, 0.25) is 0 Å². The van der Waals surface area contributed by atoms with Crippen molar-refractivity contribution in [1.82, 2.24) is 0 Å². The van der Waals surface area contributed by atoms with E-state index in [1.807, 2.05) is 97.1 Å². The van der Waals surface area contributed by atoms with E-state index in [1.54, 1.807) is 12.3 Å². The first kappa shape index (κ1) is 22.3. The summed E-state index contributed by atoms with van der Waals surface area (Å²) in [4.78, 5) is 0. The summed E-state index contributed by atoms with van der Waals surface area (Å²) < 4.78 is 12.8. The van der Waals surface area contributed by atoms with Crippen molar-refractivity contribution >= 4 is 17.0 Å². The van der Waals surface area contributed by atoms with Crippen LogP contribution in [0.1, 0.15) is 22.7 Å². The Hall–Kier alpha value is -3.89. The van der Waals surface area contributed by atoms with Crippen molar-refractivity contribution in [3.8, 4) is 5.75 Å². The van der Waals surface area contributed by atoms with E-state index in [9.17, 15) is 5.21 Å². The van der Waals surface area contributed by atoms with Gasteiger partial charge < -0.3 is 14.7 Å². The van der Waals surface area contributed by atoms with E-state index in [0.29, 0.717) is 19.0 Å². The van der Waals surface area contributed by atoms with Gasteiger partial charge in [-0.3, -0.25) is 0 Å². The molecule has 1 atom stereocenters. The monoisotopic (exact) mass is 437 g/mol. The summed E-state index contributed by atoms with van der Waals surface area (Å²) >= 11 is 0. The quantitative estimate of drug-likeness (QED) is 0.0962. The molecular weight excluding hydrogens is 410 g/mol. The fourth-order valence-corrected chi connectivity index (χ4v) is 3.75. The SMILES string of the molecule is C=CCOc1ccc2ccccc2c1/C=[N+](\[O-])[C@@H](COCc1ccccc1)c1ccccc1. The molecule has 4 aromatic carbocycles. The standard InChI is InChI=1S/C29H27NO3/c1-2-19-33-29-18-17-24-13-9-10-16-26(24)27(29)20-30(31)28(25-14-7-4-8-15-25)22-32-21-23-11-5-3-6-12-23/h2-18,20,28H,1,19,21-22H2/b30-20-/t28-/m0/s1. The molecule has 0 fully saturated rings. The van der Waals surface area contributed by atoms with Gasteiger partial charge in [-0.25, -0.2) is 4.74 Å². The Kier molecular flexibility index (Phi) is 7.52. The van der Waals surface area contributed by atoms with Crippen LogP contribution in [0, 0.1) is 5.21 Å². The van der Waals surface area contributed by atoms with E-state index < -0.39 is 6.04 Å². The summed E-state index contributed by atoms with van der Waals surface area (Å²) in [6.07, 6.45) is 3.31. The van der Waals surface area contributed by atoms with Crippen molar-refractivity contribution in [3.05, 3.63) is 132 Å². The molecule has 4 nitrogen and oxygen atoms in total. The predicted molar refractivity (Wildman–Crippen MR) is 134 cm³/mol. The lowest BCUT2D eigenvalue weighted by molar-refractivity contribution is -0.508. The van der Waals surface area contributed by atoms with Crippen LogP contribution in [0.25, 0.3) is 10.8 Å². The maximum absolute atomic E-state index is 13.5. The largest absolute Gasteiger partial charge is 0.623 e. The van der Waals surface area contributed by atoms with Crippen LogP contribution in [0.3, 0.4) is 0 Å². The Balaban J connectivity index is 1.68. The number of rotatable bonds is 10. The molecule has 0 N–H and O–H groups in total. The number of fused-ring (bicyclic) bond motifs is 1. The van der Waals surface area contributed by atoms with Crippen LogP contribution in [0.15, 0.2) is 110 Å². The Morgan fingerprint density at radius 2 is 1.55 bits per heavy atom. The first-order chi connectivity index (χ1) is 16.3. The number of hydrogen-bond donors (Lipinski definition) is 0. The fraction of sp³-hybridized carbons (Fsp3) is 0.138. The summed E-state index contributed by atoms with van der Waals surface area (Å²) in [5, 5.41) is 15.5. The van der Waals surface area contributed by atoms with Crippen LogP contribution in [-0.4, -0.2) is 24.2 Å². The lowest BCUT2D eigenvalue weighted by atomic mass is 10.0.